The molecule has 7 heteroatoms. The van der Waals surface area contributed by atoms with E-state index in [0.29, 0.717) is 5.69 Å². The monoisotopic (exact) mass is 422 g/mol. The van der Waals surface area contributed by atoms with Crippen LogP contribution in [0.5, 0.6) is 5.75 Å². The molecule has 1 amide bonds. The van der Waals surface area contributed by atoms with E-state index in [1.165, 1.54) is 17.4 Å². The molecule has 0 spiro atoms. The molecule has 2 aromatic carbocycles. The van der Waals surface area contributed by atoms with Crippen LogP contribution in [0.3, 0.4) is 0 Å². The summed E-state index contributed by atoms with van der Waals surface area (Å²) in [6, 6.07) is 16.3. The number of nitrogens with zero attached hydrogens (tertiary/aromatic N) is 1. The molecule has 0 aliphatic rings. The Morgan fingerprint density at radius 3 is 2.57 bits per heavy atom. The molecule has 6 nitrogen and oxygen atoms in total. The maximum atomic E-state index is 12.2. The number of hydrogen-bond donors (Lipinski definition) is 1. The highest BCUT2D eigenvalue weighted by Gasteiger charge is 2.16. The Morgan fingerprint density at radius 1 is 1.13 bits per heavy atom. The summed E-state index contributed by atoms with van der Waals surface area (Å²) >= 11 is 1.49. The number of ether oxygens (including phenoxy) is 2. The summed E-state index contributed by atoms with van der Waals surface area (Å²) in [5, 5.41) is 5.32. The molecule has 0 radical (unpaired) electrons. The summed E-state index contributed by atoms with van der Waals surface area (Å²) in [7, 11) is 1.59. The molecule has 30 heavy (non-hydrogen) atoms. The molecule has 0 fully saturated rings. The van der Waals surface area contributed by atoms with Crippen molar-refractivity contribution in [2.24, 2.45) is 0 Å². The first-order valence-corrected chi connectivity index (χ1v) is 10.2. The lowest BCUT2D eigenvalue weighted by Crippen LogP contribution is -2.38. The van der Waals surface area contributed by atoms with E-state index >= 15 is 0 Å². The maximum Gasteiger partial charge on any atom is 0.328 e. The molecule has 0 aliphatic heterocycles. The molecule has 1 unspecified atom stereocenters. The number of esters is 1. The van der Waals surface area contributed by atoms with Gasteiger partial charge in [-0.25, -0.2) is 9.78 Å². The largest absolute Gasteiger partial charge is 0.497 e. The van der Waals surface area contributed by atoms with Gasteiger partial charge in [0.05, 0.1) is 12.8 Å². The SMILES string of the molecule is COc1ccc(/C=C/C(=O)NC(C)C(=O)OCc2csc(-c3ccccc3)n2)cc1. The second kappa shape index (κ2) is 10.4. The quantitative estimate of drug-likeness (QED) is 0.437. The number of aromatic nitrogens is 1. The van der Waals surface area contributed by atoms with Crippen LogP contribution in [0, 0.1) is 0 Å². The Labute approximate surface area is 179 Å². The number of carbonyl (C=O) groups is 2. The Morgan fingerprint density at radius 2 is 1.87 bits per heavy atom. The van der Waals surface area contributed by atoms with Gasteiger partial charge in [-0.05, 0) is 30.7 Å². The first-order chi connectivity index (χ1) is 14.5. The summed E-state index contributed by atoms with van der Waals surface area (Å²) in [4.78, 5) is 28.7. The van der Waals surface area contributed by atoms with E-state index in [1.54, 1.807) is 32.2 Å². The Bertz CT molecular complexity index is 1010. The minimum Gasteiger partial charge on any atom is -0.497 e. The van der Waals surface area contributed by atoms with Gasteiger partial charge in [0.15, 0.2) is 0 Å². The minimum absolute atomic E-state index is 0.0596. The van der Waals surface area contributed by atoms with E-state index in [4.69, 9.17) is 9.47 Å². The van der Waals surface area contributed by atoms with Gasteiger partial charge in [0, 0.05) is 17.0 Å². The average molecular weight is 423 g/mol. The fourth-order valence-corrected chi connectivity index (χ4v) is 3.37. The van der Waals surface area contributed by atoms with E-state index in [0.717, 1.165) is 21.9 Å². The third-order valence-electron chi connectivity index (χ3n) is 4.19. The van der Waals surface area contributed by atoms with Crippen LogP contribution in [0.25, 0.3) is 16.6 Å². The highest BCUT2D eigenvalue weighted by atomic mass is 32.1. The van der Waals surface area contributed by atoms with Crippen LogP contribution in [0.1, 0.15) is 18.2 Å². The topological polar surface area (TPSA) is 77.5 Å². The van der Waals surface area contributed by atoms with Crippen molar-refractivity contribution in [2.75, 3.05) is 7.11 Å². The maximum absolute atomic E-state index is 12.2. The first kappa shape index (κ1) is 21.3. The van der Waals surface area contributed by atoms with E-state index in [2.05, 4.69) is 10.3 Å². The van der Waals surface area contributed by atoms with Gasteiger partial charge in [0.25, 0.3) is 0 Å². The van der Waals surface area contributed by atoms with Crippen LogP contribution in [0.2, 0.25) is 0 Å². The Hall–Kier alpha value is -3.45. The average Bonchev–Trinajstić information content (AvgIpc) is 3.26. The first-order valence-electron chi connectivity index (χ1n) is 9.34. The molecule has 154 valence electrons. The number of hydrogen-bond acceptors (Lipinski definition) is 6. The van der Waals surface area contributed by atoms with Gasteiger partial charge >= 0.3 is 5.97 Å². The molecule has 0 aliphatic carbocycles. The molecule has 1 aromatic heterocycles. The fourth-order valence-electron chi connectivity index (χ4n) is 2.56. The van der Waals surface area contributed by atoms with E-state index < -0.39 is 12.0 Å². The number of nitrogens with one attached hydrogen (secondary N) is 1. The van der Waals surface area contributed by atoms with Gasteiger partial charge in [-0.15, -0.1) is 11.3 Å². The highest BCUT2D eigenvalue weighted by Crippen LogP contribution is 2.23. The van der Waals surface area contributed by atoms with Crippen molar-refractivity contribution in [3.8, 4) is 16.3 Å². The van der Waals surface area contributed by atoms with Crippen molar-refractivity contribution in [1.29, 1.82) is 0 Å². The molecular formula is C23H22N2O4S. The molecule has 3 rings (SSSR count). The number of benzene rings is 2. The van der Waals surface area contributed by atoms with Crippen LogP contribution >= 0.6 is 11.3 Å². The second-order valence-electron chi connectivity index (χ2n) is 6.45. The van der Waals surface area contributed by atoms with Gasteiger partial charge in [-0.3, -0.25) is 4.79 Å². The normalized spacial score (nSPS) is 11.8. The summed E-state index contributed by atoms with van der Waals surface area (Å²) in [6.07, 6.45) is 3.03. The van der Waals surface area contributed by atoms with Crippen LogP contribution < -0.4 is 10.1 Å². The van der Waals surface area contributed by atoms with Crippen LogP contribution in [-0.2, 0) is 20.9 Å². The summed E-state index contributed by atoms with van der Waals surface area (Å²) in [6.45, 7) is 1.64. The van der Waals surface area contributed by atoms with E-state index in [1.807, 2.05) is 47.8 Å². The lowest BCUT2D eigenvalue weighted by Gasteiger charge is -2.11. The van der Waals surface area contributed by atoms with E-state index in [9.17, 15) is 9.59 Å². The molecular weight excluding hydrogens is 400 g/mol. The van der Waals surface area contributed by atoms with Gasteiger partial charge in [0.1, 0.15) is 23.4 Å². The molecule has 0 saturated heterocycles. The summed E-state index contributed by atoms with van der Waals surface area (Å²) in [5.41, 5.74) is 2.54. The molecule has 3 aromatic rings. The van der Waals surface area contributed by atoms with Crippen molar-refractivity contribution in [3.05, 3.63) is 77.3 Å². The zero-order valence-electron chi connectivity index (χ0n) is 16.7. The Kier molecular flexibility index (Phi) is 7.34. The molecule has 1 heterocycles. The minimum atomic E-state index is -0.773. The molecule has 0 saturated carbocycles. The predicted octanol–water partition coefficient (Wildman–Crippen LogP) is 4.08. The van der Waals surface area contributed by atoms with Crippen molar-refractivity contribution in [2.45, 2.75) is 19.6 Å². The summed E-state index contributed by atoms with van der Waals surface area (Å²) < 4.78 is 10.4. The number of methoxy groups -OCH3 is 1. The van der Waals surface area contributed by atoms with E-state index in [-0.39, 0.29) is 12.5 Å². The zero-order valence-corrected chi connectivity index (χ0v) is 17.5. The van der Waals surface area contributed by atoms with Crippen LogP contribution in [-0.4, -0.2) is 30.0 Å². The second-order valence-corrected chi connectivity index (χ2v) is 7.31. The Balaban J connectivity index is 1.46. The van der Waals surface area contributed by atoms with Gasteiger partial charge in [0.2, 0.25) is 5.91 Å². The van der Waals surface area contributed by atoms with Crippen molar-refractivity contribution >= 4 is 29.3 Å². The van der Waals surface area contributed by atoms with Crippen LogP contribution in [0.15, 0.2) is 66.1 Å². The summed E-state index contributed by atoms with van der Waals surface area (Å²) in [5.74, 6) is -0.158. The molecule has 1 N–H and O–H groups in total. The third-order valence-corrected chi connectivity index (χ3v) is 5.13. The molecule has 0 bridgehead atoms. The number of thiazole rings is 1. The molecule has 1 atom stereocenters. The number of amides is 1. The highest BCUT2D eigenvalue weighted by molar-refractivity contribution is 7.13. The van der Waals surface area contributed by atoms with Crippen LogP contribution in [0.4, 0.5) is 0 Å². The smallest absolute Gasteiger partial charge is 0.328 e. The standard InChI is InChI=1S/C23H22N2O4S/c1-16(24-21(26)13-10-17-8-11-20(28-2)12-9-17)23(27)29-14-19-15-30-22(25-19)18-6-4-3-5-7-18/h3-13,15-16H,14H2,1-2H3,(H,24,26)/b13-10+. The van der Waals surface area contributed by atoms with Gasteiger partial charge in [-0.2, -0.15) is 0 Å². The fraction of sp³-hybridized carbons (Fsp3) is 0.174. The number of rotatable bonds is 8. The van der Waals surface area contributed by atoms with Crippen molar-refractivity contribution in [3.63, 3.8) is 0 Å². The lowest BCUT2D eigenvalue weighted by atomic mass is 10.2. The third kappa shape index (κ3) is 6.02. The predicted molar refractivity (Wildman–Crippen MR) is 117 cm³/mol. The van der Waals surface area contributed by atoms with Gasteiger partial charge < -0.3 is 14.8 Å². The zero-order chi connectivity index (χ0) is 21.3. The number of carbonyl (C=O) groups excluding carboxylic acids is 2. The van der Waals surface area contributed by atoms with Crippen molar-refractivity contribution < 1.29 is 19.1 Å². The van der Waals surface area contributed by atoms with Crippen molar-refractivity contribution in [1.82, 2.24) is 10.3 Å². The lowest BCUT2D eigenvalue weighted by molar-refractivity contribution is -0.148. The van der Waals surface area contributed by atoms with Gasteiger partial charge in [-0.1, -0.05) is 42.5 Å².